The summed E-state index contributed by atoms with van der Waals surface area (Å²) in [4.78, 5) is 9.94. The van der Waals surface area contributed by atoms with Gasteiger partial charge in [-0.15, -0.1) is 0 Å². The third-order valence-electron chi connectivity index (χ3n) is 2.72. The van der Waals surface area contributed by atoms with E-state index in [0.29, 0.717) is 25.4 Å². The minimum atomic E-state index is -0.666. The molecule has 0 aliphatic carbocycles. The van der Waals surface area contributed by atoms with E-state index >= 15 is 0 Å². The summed E-state index contributed by atoms with van der Waals surface area (Å²) in [5.41, 5.74) is -0.0864. The molecule has 1 aromatic heterocycles. The molecule has 0 aliphatic heterocycles. The van der Waals surface area contributed by atoms with E-state index in [2.05, 4.69) is 10.4 Å². The Kier molecular flexibility index (Phi) is 6.40. The maximum atomic E-state index is 10.5. The second kappa shape index (κ2) is 7.82. The topological polar surface area (TPSA) is 113 Å². The van der Waals surface area contributed by atoms with Crippen molar-refractivity contribution in [3.63, 3.8) is 0 Å². The molecule has 0 saturated carbocycles. The van der Waals surface area contributed by atoms with Crippen molar-refractivity contribution in [2.24, 2.45) is 5.92 Å². The first-order valence-electron chi connectivity index (χ1n) is 6.19. The molecule has 0 fully saturated rings. The number of nitrogens with one attached hydrogen (secondary N) is 1. The standard InChI is InChI=1S/C11H20N4O4/c1-9(2-3-16)4-12-6-11(17)8-14-7-10(5-13-14)15(18)19/h5,7,9,11-12,16-17H,2-4,6,8H2,1H3. The van der Waals surface area contributed by atoms with Gasteiger partial charge in [0.1, 0.15) is 12.4 Å². The summed E-state index contributed by atoms with van der Waals surface area (Å²) in [6, 6.07) is 0. The first kappa shape index (κ1) is 15.5. The summed E-state index contributed by atoms with van der Waals surface area (Å²) in [6.07, 6.45) is 2.50. The zero-order valence-electron chi connectivity index (χ0n) is 10.9. The molecule has 19 heavy (non-hydrogen) atoms. The third-order valence-corrected chi connectivity index (χ3v) is 2.72. The lowest BCUT2D eigenvalue weighted by Gasteiger charge is -2.14. The van der Waals surface area contributed by atoms with Crippen molar-refractivity contribution >= 4 is 5.69 Å². The molecule has 8 nitrogen and oxygen atoms in total. The molecule has 0 aromatic carbocycles. The lowest BCUT2D eigenvalue weighted by Crippen LogP contribution is -2.33. The smallest absolute Gasteiger partial charge is 0.306 e. The molecule has 2 unspecified atom stereocenters. The average Bonchev–Trinajstić information content (AvgIpc) is 2.78. The van der Waals surface area contributed by atoms with E-state index in [0.717, 1.165) is 6.20 Å². The van der Waals surface area contributed by atoms with Crippen LogP contribution in [-0.2, 0) is 6.54 Å². The van der Waals surface area contributed by atoms with Crippen LogP contribution in [0, 0.1) is 16.0 Å². The Bertz CT molecular complexity index is 396. The van der Waals surface area contributed by atoms with E-state index in [1.807, 2.05) is 6.92 Å². The van der Waals surface area contributed by atoms with Gasteiger partial charge in [0.2, 0.25) is 0 Å². The van der Waals surface area contributed by atoms with E-state index in [-0.39, 0.29) is 18.8 Å². The first-order chi connectivity index (χ1) is 9.02. The van der Waals surface area contributed by atoms with Gasteiger partial charge >= 0.3 is 5.69 Å². The fraction of sp³-hybridized carbons (Fsp3) is 0.727. The molecule has 1 aromatic rings. The van der Waals surface area contributed by atoms with Crippen LogP contribution in [0.1, 0.15) is 13.3 Å². The zero-order chi connectivity index (χ0) is 14.3. The number of aliphatic hydroxyl groups excluding tert-OH is 2. The Labute approximate surface area is 111 Å². The SMILES string of the molecule is CC(CCO)CNCC(O)Cn1cc([N+](=O)[O-])cn1. The fourth-order valence-corrected chi connectivity index (χ4v) is 1.65. The van der Waals surface area contributed by atoms with Crippen molar-refractivity contribution in [3.8, 4) is 0 Å². The number of nitro groups is 1. The summed E-state index contributed by atoms with van der Waals surface area (Å²) in [5.74, 6) is 0.336. The molecule has 3 N–H and O–H groups in total. The third kappa shape index (κ3) is 5.77. The van der Waals surface area contributed by atoms with Crippen LogP contribution in [-0.4, -0.2) is 50.7 Å². The maximum Gasteiger partial charge on any atom is 0.306 e. The van der Waals surface area contributed by atoms with Gasteiger partial charge in [-0.25, -0.2) is 0 Å². The summed E-state index contributed by atoms with van der Waals surface area (Å²) in [7, 11) is 0. The molecule has 0 radical (unpaired) electrons. The van der Waals surface area contributed by atoms with Crippen LogP contribution in [0.2, 0.25) is 0 Å². The largest absolute Gasteiger partial charge is 0.396 e. The van der Waals surface area contributed by atoms with Gasteiger partial charge in [-0.05, 0) is 18.9 Å². The van der Waals surface area contributed by atoms with Gasteiger partial charge in [-0.1, -0.05) is 6.92 Å². The number of nitrogens with zero attached hydrogens (tertiary/aromatic N) is 3. The van der Waals surface area contributed by atoms with Gasteiger partial charge < -0.3 is 15.5 Å². The second-order valence-electron chi connectivity index (χ2n) is 4.61. The zero-order valence-corrected chi connectivity index (χ0v) is 10.9. The van der Waals surface area contributed by atoms with Crippen LogP contribution in [0.5, 0.6) is 0 Å². The maximum absolute atomic E-state index is 10.5. The van der Waals surface area contributed by atoms with E-state index in [1.54, 1.807) is 0 Å². The Morgan fingerprint density at radius 1 is 1.58 bits per heavy atom. The molecule has 0 spiro atoms. The first-order valence-corrected chi connectivity index (χ1v) is 6.19. The van der Waals surface area contributed by atoms with E-state index in [4.69, 9.17) is 5.11 Å². The molecular formula is C11H20N4O4. The van der Waals surface area contributed by atoms with Crippen molar-refractivity contribution in [2.75, 3.05) is 19.7 Å². The van der Waals surface area contributed by atoms with Crippen molar-refractivity contribution < 1.29 is 15.1 Å². The fourth-order valence-electron chi connectivity index (χ4n) is 1.65. The molecule has 0 amide bonds. The van der Waals surface area contributed by atoms with Crippen molar-refractivity contribution in [3.05, 3.63) is 22.5 Å². The van der Waals surface area contributed by atoms with Crippen LogP contribution in [0.25, 0.3) is 0 Å². The van der Waals surface area contributed by atoms with E-state index in [9.17, 15) is 15.2 Å². The Morgan fingerprint density at radius 3 is 2.89 bits per heavy atom. The van der Waals surface area contributed by atoms with Gasteiger partial charge in [0.05, 0.1) is 17.6 Å². The molecule has 0 aliphatic rings. The van der Waals surface area contributed by atoms with Crippen LogP contribution in [0.3, 0.4) is 0 Å². The number of rotatable bonds is 9. The van der Waals surface area contributed by atoms with Crippen molar-refractivity contribution in [1.82, 2.24) is 15.1 Å². The highest BCUT2D eigenvalue weighted by atomic mass is 16.6. The van der Waals surface area contributed by atoms with Crippen LogP contribution >= 0.6 is 0 Å². The van der Waals surface area contributed by atoms with Crippen LogP contribution in [0.4, 0.5) is 5.69 Å². The average molecular weight is 272 g/mol. The summed E-state index contributed by atoms with van der Waals surface area (Å²) in [5, 5.41) is 35.8. The van der Waals surface area contributed by atoms with Gasteiger partial charge in [0.15, 0.2) is 0 Å². The highest BCUT2D eigenvalue weighted by molar-refractivity contribution is 5.20. The van der Waals surface area contributed by atoms with Crippen LogP contribution in [0.15, 0.2) is 12.4 Å². The Morgan fingerprint density at radius 2 is 2.32 bits per heavy atom. The van der Waals surface area contributed by atoms with Gasteiger partial charge in [0.25, 0.3) is 0 Å². The number of hydrogen-bond donors (Lipinski definition) is 3. The molecule has 108 valence electrons. The molecule has 2 atom stereocenters. The van der Waals surface area contributed by atoms with Gasteiger partial charge in [0, 0.05) is 13.2 Å². The Hall–Kier alpha value is -1.51. The summed E-state index contributed by atoms with van der Waals surface area (Å²) < 4.78 is 1.35. The predicted molar refractivity (Wildman–Crippen MR) is 68.6 cm³/mol. The molecule has 0 bridgehead atoms. The second-order valence-corrected chi connectivity index (χ2v) is 4.61. The highest BCUT2D eigenvalue weighted by Gasteiger charge is 2.12. The minimum Gasteiger partial charge on any atom is -0.396 e. The number of aromatic nitrogens is 2. The molecule has 0 saturated heterocycles. The molecule has 1 heterocycles. The van der Waals surface area contributed by atoms with E-state index in [1.165, 1.54) is 10.9 Å². The normalized spacial score (nSPS) is 14.3. The van der Waals surface area contributed by atoms with Crippen molar-refractivity contribution in [2.45, 2.75) is 26.0 Å². The molecular weight excluding hydrogens is 252 g/mol. The quantitative estimate of drug-likeness (QED) is 0.422. The monoisotopic (exact) mass is 272 g/mol. The van der Waals surface area contributed by atoms with Gasteiger partial charge in [-0.3, -0.25) is 14.8 Å². The lowest BCUT2D eigenvalue weighted by molar-refractivity contribution is -0.385. The Balaban J connectivity index is 2.26. The predicted octanol–water partition coefficient (Wildman–Crippen LogP) is -0.240. The molecule has 8 heteroatoms. The lowest BCUT2D eigenvalue weighted by atomic mass is 10.1. The van der Waals surface area contributed by atoms with E-state index < -0.39 is 11.0 Å². The highest BCUT2D eigenvalue weighted by Crippen LogP contribution is 2.08. The van der Waals surface area contributed by atoms with Gasteiger partial charge in [-0.2, -0.15) is 5.10 Å². The molecule has 1 rings (SSSR count). The summed E-state index contributed by atoms with van der Waals surface area (Å²) in [6.45, 7) is 3.45. The number of aliphatic hydroxyl groups is 2. The summed E-state index contributed by atoms with van der Waals surface area (Å²) >= 11 is 0. The van der Waals surface area contributed by atoms with Crippen LogP contribution < -0.4 is 5.32 Å². The minimum absolute atomic E-state index is 0.0864. The van der Waals surface area contributed by atoms with Crippen molar-refractivity contribution in [1.29, 1.82) is 0 Å². The number of hydrogen-bond acceptors (Lipinski definition) is 6.